The standard InChI is InChI=1S/C32H54O11/c1-9-26-23(17-42-32(39)31(41-8)30(40-7)28(37)18(2)3)14-19(4)10-11-24(34)20(5)15-22(12-13-33)29(38)21(6)25(35)16-27(36)43-26/h10-11,13-14,18,20-23,25-26,28-32,35,37-39H,9,12,15-17H2,1-8H3/b11-10+,19-14+/t20-,21+,22+,23-,25-,26-,28-,29-,30?,31?,32+/m1/s1. The molecule has 0 spiro atoms. The van der Waals surface area contributed by atoms with Crippen molar-refractivity contribution >= 4 is 18.0 Å². The Morgan fingerprint density at radius 1 is 1.07 bits per heavy atom. The van der Waals surface area contributed by atoms with Gasteiger partial charge in [0.2, 0.25) is 0 Å². The Morgan fingerprint density at radius 2 is 1.70 bits per heavy atom. The summed E-state index contributed by atoms with van der Waals surface area (Å²) in [6.45, 7) is 10.4. The molecule has 0 saturated heterocycles. The minimum Gasteiger partial charge on any atom is -0.462 e. The van der Waals surface area contributed by atoms with Crippen LogP contribution in [0.2, 0.25) is 0 Å². The number of rotatable bonds is 12. The van der Waals surface area contributed by atoms with Crippen molar-refractivity contribution in [2.45, 2.75) is 110 Å². The Bertz CT molecular complexity index is 917. The summed E-state index contributed by atoms with van der Waals surface area (Å²) in [5.74, 6) is -3.44. The van der Waals surface area contributed by atoms with Crippen molar-refractivity contribution in [1.82, 2.24) is 0 Å². The maximum Gasteiger partial charge on any atom is 0.308 e. The highest BCUT2D eigenvalue weighted by atomic mass is 16.6. The lowest BCUT2D eigenvalue weighted by molar-refractivity contribution is -0.224. The molecule has 0 bridgehead atoms. The summed E-state index contributed by atoms with van der Waals surface area (Å²) in [7, 11) is 2.78. The van der Waals surface area contributed by atoms with E-state index in [1.807, 2.05) is 20.8 Å². The Kier molecular flexibility index (Phi) is 17.6. The van der Waals surface area contributed by atoms with Gasteiger partial charge in [0.25, 0.3) is 0 Å². The number of carbonyl (C=O) groups is 3. The molecule has 0 aromatic heterocycles. The molecule has 1 aliphatic rings. The molecule has 11 nitrogen and oxygen atoms in total. The van der Waals surface area contributed by atoms with Crippen LogP contribution >= 0.6 is 0 Å². The van der Waals surface area contributed by atoms with Crippen LogP contribution in [0.1, 0.15) is 67.2 Å². The van der Waals surface area contributed by atoms with Crippen molar-refractivity contribution in [3.05, 3.63) is 23.8 Å². The lowest BCUT2D eigenvalue weighted by Gasteiger charge is -2.34. The van der Waals surface area contributed by atoms with Gasteiger partial charge in [-0.1, -0.05) is 52.3 Å². The lowest BCUT2D eigenvalue weighted by atomic mass is 9.80. The SMILES string of the molecule is CC[C@H]1OC(=O)C[C@@H](O)[C@H](C)[C@@H](O)[C@@H](CC=O)C[C@@H](C)C(=O)/C=C/C(C)=C/[C@@H]1CO[C@H](O)C(OC)C(OC)[C@H](O)C(C)C. The number of aliphatic hydroxyl groups excluding tert-OH is 4. The summed E-state index contributed by atoms with van der Waals surface area (Å²) >= 11 is 0. The summed E-state index contributed by atoms with van der Waals surface area (Å²) in [6.07, 6.45) is -1.66. The van der Waals surface area contributed by atoms with E-state index in [9.17, 15) is 34.8 Å². The van der Waals surface area contributed by atoms with Crippen LogP contribution < -0.4 is 0 Å². The van der Waals surface area contributed by atoms with E-state index in [2.05, 4.69) is 0 Å². The first kappa shape index (κ1) is 39.0. The second-order valence-electron chi connectivity index (χ2n) is 12.0. The summed E-state index contributed by atoms with van der Waals surface area (Å²) < 4.78 is 22.4. The van der Waals surface area contributed by atoms with E-state index in [-0.39, 0.29) is 37.6 Å². The van der Waals surface area contributed by atoms with Crippen LogP contribution in [0, 0.1) is 29.6 Å². The normalized spacial score (nSPS) is 33.1. The zero-order valence-electron chi connectivity index (χ0n) is 26.9. The summed E-state index contributed by atoms with van der Waals surface area (Å²) in [6, 6.07) is 0. The first-order valence-electron chi connectivity index (χ1n) is 15.1. The number of hydrogen-bond acceptors (Lipinski definition) is 11. The Labute approximate surface area is 256 Å². The summed E-state index contributed by atoms with van der Waals surface area (Å²) in [5, 5.41) is 43.2. The topological polar surface area (TPSA) is 169 Å². The fourth-order valence-corrected chi connectivity index (χ4v) is 5.37. The van der Waals surface area contributed by atoms with Crippen LogP contribution in [-0.4, -0.2) is 102 Å². The number of ether oxygens (including phenoxy) is 4. The van der Waals surface area contributed by atoms with E-state index in [1.165, 1.54) is 20.3 Å². The fourth-order valence-electron chi connectivity index (χ4n) is 5.37. The molecule has 0 aromatic rings. The van der Waals surface area contributed by atoms with Gasteiger partial charge in [0, 0.05) is 38.4 Å². The summed E-state index contributed by atoms with van der Waals surface area (Å²) in [4.78, 5) is 37.2. The third-order valence-electron chi connectivity index (χ3n) is 8.32. The van der Waals surface area contributed by atoms with Gasteiger partial charge in [-0.05, 0) is 37.7 Å². The minimum absolute atomic E-state index is 0.0138. The second kappa shape index (κ2) is 19.4. The number of ketones is 1. The maximum absolute atomic E-state index is 12.9. The first-order valence-corrected chi connectivity index (χ1v) is 15.1. The van der Waals surface area contributed by atoms with Gasteiger partial charge < -0.3 is 44.2 Å². The van der Waals surface area contributed by atoms with Gasteiger partial charge >= 0.3 is 5.97 Å². The molecule has 0 fully saturated rings. The van der Waals surface area contributed by atoms with Gasteiger partial charge in [-0.15, -0.1) is 0 Å². The van der Waals surface area contributed by atoms with Gasteiger partial charge in [-0.3, -0.25) is 9.59 Å². The fraction of sp³-hybridized carbons (Fsp3) is 0.781. The van der Waals surface area contributed by atoms with Gasteiger partial charge in [-0.2, -0.15) is 0 Å². The highest BCUT2D eigenvalue weighted by Crippen LogP contribution is 2.28. The highest BCUT2D eigenvalue weighted by molar-refractivity contribution is 5.91. The Morgan fingerprint density at radius 3 is 2.23 bits per heavy atom. The first-order chi connectivity index (χ1) is 20.2. The smallest absolute Gasteiger partial charge is 0.308 e. The molecule has 0 saturated carbocycles. The average molecular weight is 615 g/mol. The van der Waals surface area contributed by atoms with E-state index in [0.717, 1.165) is 0 Å². The molecule has 11 atom stereocenters. The third-order valence-corrected chi connectivity index (χ3v) is 8.32. The zero-order chi connectivity index (χ0) is 32.9. The molecule has 0 amide bonds. The van der Waals surface area contributed by atoms with E-state index in [1.54, 1.807) is 32.9 Å². The second-order valence-corrected chi connectivity index (χ2v) is 12.0. The van der Waals surface area contributed by atoms with Crippen molar-refractivity contribution in [1.29, 1.82) is 0 Å². The van der Waals surface area contributed by atoms with Gasteiger partial charge in [0.1, 0.15) is 24.6 Å². The molecule has 0 aromatic carbocycles. The van der Waals surface area contributed by atoms with Gasteiger partial charge in [0.05, 0.1) is 31.3 Å². The van der Waals surface area contributed by atoms with Gasteiger partial charge in [0.15, 0.2) is 12.1 Å². The molecule has 1 rings (SSSR count). The van der Waals surface area contributed by atoms with Crippen molar-refractivity contribution in [3.8, 4) is 0 Å². The third kappa shape index (κ3) is 12.1. The van der Waals surface area contributed by atoms with Crippen LogP contribution in [0.4, 0.5) is 0 Å². The highest BCUT2D eigenvalue weighted by Gasteiger charge is 2.37. The predicted molar refractivity (Wildman–Crippen MR) is 160 cm³/mol. The molecule has 1 aliphatic heterocycles. The molecule has 11 heteroatoms. The largest absolute Gasteiger partial charge is 0.462 e. The molecule has 1 heterocycles. The molecular weight excluding hydrogens is 560 g/mol. The molecule has 4 N–H and O–H groups in total. The van der Waals surface area contributed by atoms with Crippen LogP contribution in [0.25, 0.3) is 0 Å². The molecule has 43 heavy (non-hydrogen) atoms. The van der Waals surface area contributed by atoms with Crippen LogP contribution in [0.3, 0.4) is 0 Å². The number of esters is 1. The quantitative estimate of drug-likeness (QED) is 0.145. The number of methoxy groups -OCH3 is 2. The molecule has 248 valence electrons. The number of aliphatic hydroxyl groups is 4. The number of cyclic esters (lactones) is 1. The van der Waals surface area contributed by atoms with Crippen molar-refractivity contribution in [2.24, 2.45) is 29.6 Å². The number of hydrogen-bond donors (Lipinski definition) is 4. The van der Waals surface area contributed by atoms with Crippen molar-refractivity contribution in [2.75, 3.05) is 20.8 Å². The van der Waals surface area contributed by atoms with E-state index < -0.39 is 72.6 Å². The Balaban J connectivity index is 3.36. The molecular formula is C32H54O11. The van der Waals surface area contributed by atoms with E-state index >= 15 is 0 Å². The summed E-state index contributed by atoms with van der Waals surface area (Å²) in [5.41, 5.74) is 0.677. The number of allylic oxidation sites excluding steroid dienone is 3. The van der Waals surface area contributed by atoms with Crippen molar-refractivity contribution < 1.29 is 53.8 Å². The lowest BCUT2D eigenvalue weighted by Crippen LogP contribution is -2.49. The zero-order valence-corrected chi connectivity index (χ0v) is 26.9. The minimum atomic E-state index is -1.49. The van der Waals surface area contributed by atoms with Crippen LogP contribution in [0.5, 0.6) is 0 Å². The van der Waals surface area contributed by atoms with Crippen LogP contribution in [0.15, 0.2) is 23.8 Å². The van der Waals surface area contributed by atoms with Crippen LogP contribution in [-0.2, 0) is 33.3 Å². The van der Waals surface area contributed by atoms with Gasteiger partial charge in [-0.25, -0.2) is 0 Å². The molecule has 2 unspecified atom stereocenters. The monoisotopic (exact) mass is 614 g/mol. The maximum atomic E-state index is 12.9. The number of carbonyl (C=O) groups excluding carboxylic acids is 3. The van der Waals surface area contributed by atoms with E-state index in [4.69, 9.17) is 18.9 Å². The average Bonchev–Trinajstić information content (AvgIpc) is 2.97. The molecule has 0 radical (unpaired) electrons. The number of aldehydes is 1. The van der Waals surface area contributed by atoms with Crippen molar-refractivity contribution in [3.63, 3.8) is 0 Å². The Hall–Kier alpha value is -1.99. The predicted octanol–water partition coefficient (Wildman–Crippen LogP) is 2.37. The molecule has 0 aliphatic carbocycles. The van der Waals surface area contributed by atoms with E-state index in [0.29, 0.717) is 18.3 Å².